The molecule has 0 fully saturated rings. The molecule has 0 radical (unpaired) electrons. The van der Waals surface area contributed by atoms with E-state index in [0.717, 1.165) is 24.3 Å². The number of para-hydroxylation sites is 1. The zero-order chi connectivity index (χ0) is 14.0. The van der Waals surface area contributed by atoms with Crippen LogP contribution in [0.25, 0.3) is 11.0 Å². The molecule has 0 saturated carbocycles. The molecule has 0 aliphatic carbocycles. The monoisotopic (exact) mass is 263 g/mol. The molecule has 0 bridgehead atoms. The standard InChI is InChI=1S/C15H22FN3/c1-5-9-19-12-8-6-7-11(16)14(12)18-13(19)10-17-15(2,3)4/h6-8,17H,5,9-10H2,1-4H3. The number of aromatic nitrogens is 2. The quantitative estimate of drug-likeness (QED) is 0.915. The zero-order valence-corrected chi connectivity index (χ0v) is 12.1. The zero-order valence-electron chi connectivity index (χ0n) is 12.1. The van der Waals surface area contributed by atoms with E-state index in [0.29, 0.717) is 12.1 Å². The topological polar surface area (TPSA) is 29.9 Å². The van der Waals surface area contributed by atoms with Gasteiger partial charge in [0, 0.05) is 12.1 Å². The molecule has 2 rings (SSSR count). The van der Waals surface area contributed by atoms with Crippen LogP contribution in [-0.2, 0) is 13.1 Å². The largest absolute Gasteiger partial charge is 0.327 e. The van der Waals surface area contributed by atoms with Gasteiger partial charge in [-0.25, -0.2) is 9.37 Å². The molecule has 1 aromatic heterocycles. The van der Waals surface area contributed by atoms with E-state index in [4.69, 9.17) is 0 Å². The minimum atomic E-state index is -0.246. The van der Waals surface area contributed by atoms with Crippen LogP contribution in [0.4, 0.5) is 4.39 Å². The molecule has 0 aliphatic rings. The molecule has 0 atom stereocenters. The summed E-state index contributed by atoms with van der Waals surface area (Å²) in [6.07, 6.45) is 1.00. The summed E-state index contributed by atoms with van der Waals surface area (Å²) in [5.74, 6) is 0.654. The molecular formula is C15H22FN3. The molecule has 3 nitrogen and oxygen atoms in total. The van der Waals surface area contributed by atoms with Crippen LogP contribution in [0, 0.1) is 5.82 Å². The summed E-state index contributed by atoms with van der Waals surface area (Å²) in [4.78, 5) is 4.46. The number of hydrogen-bond donors (Lipinski definition) is 1. The molecule has 0 spiro atoms. The summed E-state index contributed by atoms with van der Waals surface area (Å²) in [6.45, 7) is 9.96. The van der Waals surface area contributed by atoms with Crippen LogP contribution < -0.4 is 5.32 Å². The maximum absolute atomic E-state index is 13.8. The highest BCUT2D eigenvalue weighted by molar-refractivity contribution is 5.76. The van der Waals surface area contributed by atoms with Crippen molar-refractivity contribution in [3.05, 3.63) is 29.8 Å². The smallest absolute Gasteiger partial charge is 0.151 e. The van der Waals surface area contributed by atoms with Gasteiger partial charge in [0.15, 0.2) is 5.82 Å². The van der Waals surface area contributed by atoms with Crippen molar-refractivity contribution in [1.29, 1.82) is 0 Å². The van der Waals surface area contributed by atoms with Crippen molar-refractivity contribution in [2.75, 3.05) is 0 Å². The lowest BCUT2D eigenvalue weighted by molar-refractivity contribution is 0.412. The van der Waals surface area contributed by atoms with Crippen LogP contribution in [0.3, 0.4) is 0 Å². The average Bonchev–Trinajstić information content (AvgIpc) is 2.67. The molecule has 1 aromatic carbocycles. The van der Waals surface area contributed by atoms with Gasteiger partial charge >= 0.3 is 0 Å². The van der Waals surface area contributed by atoms with Crippen molar-refractivity contribution >= 4 is 11.0 Å². The number of nitrogens with zero attached hydrogens (tertiary/aromatic N) is 2. The first-order chi connectivity index (χ1) is 8.92. The third kappa shape index (κ3) is 3.13. The first-order valence-electron chi connectivity index (χ1n) is 6.81. The van der Waals surface area contributed by atoms with E-state index in [1.54, 1.807) is 6.07 Å². The average molecular weight is 263 g/mol. The fourth-order valence-corrected chi connectivity index (χ4v) is 2.11. The molecule has 1 N–H and O–H groups in total. The van der Waals surface area contributed by atoms with Crippen molar-refractivity contribution in [2.24, 2.45) is 0 Å². The number of rotatable bonds is 4. The number of benzene rings is 1. The third-order valence-corrected chi connectivity index (χ3v) is 3.03. The van der Waals surface area contributed by atoms with E-state index < -0.39 is 0 Å². The minimum Gasteiger partial charge on any atom is -0.327 e. The lowest BCUT2D eigenvalue weighted by Crippen LogP contribution is -2.36. The second-order valence-electron chi connectivity index (χ2n) is 5.89. The van der Waals surface area contributed by atoms with Gasteiger partial charge in [-0.3, -0.25) is 0 Å². The number of hydrogen-bond acceptors (Lipinski definition) is 2. The van der Waals surface area contributed by atoms with Crippen molar-refractivity contribution in [2.45, 2.75) is 52.7 Å². The van der Waals surface area contributed by atoms with Gasteiger partial charge in [-0.1, -0.05) is 13.0 Å². The molecular weight excluding hydrogens is 241 g/mol. The first kappa shape index (κ1) is 14.0. The number of aryl methyl sites for hydroxylation is 1. The Hall–Kier alpha value is -1.42. The van der Waals surface area contributed by atoms with Gasteiger partial charge in [-0.05, 0) is 39.3 Å². The molecule has 19 heavy (non-hydrogen) atoms. The second kappa shape index (κ2) is 5.29. The summed E-state index contributed by atoms with van der Waals surface area (Å²) < 4.78 is 15.9. The van der Waals surface area contributed by atoms with Gasteiger partial charge in [0.1, 0.15) is 11.3 Å². The maximum atomic E-state index is 13.8. The van der Waals surface area contributed by atoms with Crippen LogP contribution in [0.1, 0.15) is 39.9 Å². The molecule has 1 heterocycles. The van der Waals surface area contributed by atoms with E-state index >= 15 is 0 Å². The van der Waals surface area contributed by atoms with Gasteiger partial charge in [0.25, 0.3) is 0 Å². The Balaban J connectivity index is 2.41. The minimum absolute atomic E-state index is 0.0216. The van der Waals surface area contributed by atoms with E-state index in [1.807, 2.05) is 6.07 Å². The fraction of sp³-hybridized carbons (Fsp3) is 0.533. The molecule has 0 amide bonds. The highest BCUT2D eigenvalue weighted by atomic mass is 19.1. The highest BCUT2D eigenvalue weighted by Crippen LogP contribution is 2.20. The number of nitrogens with one attached hydrogen (secondary N) is 1. The number of imidazole rings is 1. The van der Waals surface area contributed by atoms with E-state index in [-0.39, 0.29) is 11.4 Å². The third-order valence-electron chi connectivity index (χ3n) is 3.03. The second-order valence-corrected chi connectivity index (χ2v) is 5.89. The summed E-state index contributed by atoms with van der Waals surface area (Å²) in [5.41, 5.74) is 1.38. The van der Waals surface area contributed by atoms with Crippen LogP contribution >= 0.6 is 0 Å². The van der Waals surface area contributed by atoms with E-state index in [9.17, 15) is 4.39 Å². The Morgan fingerprint density at radius 3 is 2.68 bits per heavy atom. The Bertz CT molecular complexity index is 567. The number of fused-ring (bicyclic) bond motifs is 1. The van der Waals surface area contributed by atoms with Crippen molar-refractivity contribution in [3.8, 4) is 0 Å². The van der Waals surface area contributed by atoms with Gasteiger partial charge in [-0.15, -0.1) is 0 Å². The van der Waals surface area contributed by atoms with Crippen LogP contribution in [-0.4, -0.2) is 15.1 Å². The van der Waals surface area contributed by atoms with Gasteiger partial charge in [-0.2, -0.15) is 0 Å². The molecule has 4 heteroatoms. The van der Waals surface area contributed by atoms with Crippen molar-refractivity contribution < 1.29 is 4.39 Å². The Morgan fingerprint density at radius 1 is 1.32 bits per heavy atom. The highest BCUT2D eigenvalue weighted by Gasteiger charge is 2.15. The van der Waals surface area contributed by atoms with Gasteiger partial charge in [0.05, 0.1) is 12.1 Å². The van der Waals surface area contributed by atoms with E-state index in [1.165, 1.54) is 6.07 Å². The molecule has 0 aliphatic heterocycles. The molecule has 0 saturated heterocycles. The maximum Gasteiger partial charge on any atom is 0.151 e. The SMILES string of the molecule is CCCn1c(CNC(C)(C)C)nc2c(F)cccc21. The Kier molecular flexibility index (Phi) is 3.90. The summed E-state index contributed by atoms with van der Waals surface area (Å²) in [5, 5.41) is 3.41. The summed E-state index contributed by atoms with van der Waals surface area (Å²) >= 11 is 0. The van der Waals surface area contributed by atoms with E-state index in [2.05, 4.69) is 42.6 Å². The normalized spacial score (nSPS) is 12.3. The fourth-order valence-electron chi connectivity index (χ4n) is 2.11. The number of halogens is 1. The molecule has 2 aromatic rings. The first-order valence-corrected chi connectivity index (χ1v) is 6.81. The van der Waals surface area contributed by atoms with Crippen molar-refractivity contribution in [3.63, 3.8) is 0 Å². The lowest BCUT2D eigenvalue weighted by atomic mass is 10.1. The van der Waals surface area contributed by atoms with Gasteiger partial charge < -0.3 is 9.88 Å². The van der Waals surface area contributed by atoms with Gasteiger partial charge in [0.2, 0.25) is 0 Å². The predicted molar refractivity (Wildman–Crippen MR) is 76.6 cm³/mol. The Morgan fingerprint density at radius 2 is 2.05 bits per heavy atom. The summed E-state index contributed by atoms with van der Waals surface area (Å²) in [7, 11) is 0. The van der Waals surface area contributed by atoms with Crippen LogP contribution in [0.2, 0.25) is 0 Å². The lowest BCUT2D eigenvalue weighted by Gasteiger charge is -2.20. The van der Waals surface area contributed by atoms with Crippen LogP contribution in [0.5, 0.6) is 0 Å². The molecule has 0 unspecified atom stereocenters. The van der Waals surface area contributed by atoms with Crippen molar-refractivity contribution in [1.82, 2.24) is 14.9 Å². The Labute approximate surface area is 113 Å². The van der Waals surface area contributed by atoms with Crippen LogP contribution in [0.15, 0.2) is 18.2 Å². The summed E-state index contributed by atoms with van der Waals surface area (Å²) in [6, 6.07) is 5.14. The predicted octanol–water partition coefficient (Wildman–Crippen LogP) is 3.47. The molecule has 104 valence electrons.